The van der Waals surface area contributed by atoms with E-state index in [2.05, 4.69) is 58.3 Å². The van der Waals surface area contributed by atoms with Gasteiger partial charge in [0.25, 0.3) is 0 Å². The summed E-state index contributed by atoms with van der Waals surface area (Å²) in [6, 6.07) is 0. The summed E-state index contributed by atoms with van der Waals surface area (Å²) in [5, 5.41) is 0. The predicted molar refractivity (Wildman–Crippen MR) is 99.8 cm³/mol. The van der Waals surface area contributed by atoms with Crippen LogP contribution in [0, 0.1) is 10.8 Å². The zero-order valence-electron chi connectivity index (χ0n) is 17.1. The largest absolute Gasteiger partial charge is 0.303 e. The molecule has 0 unspecified atom stereocenters. The topological polar surface area (TPSA) is 23.6 Å². The Morgan fingerprint density at radius 3 is 1.35 bits per heavy atom. The maximum Gasteiger partial charge on any atom is 0.125 e. The summed E-state index contributed by atoms with van der Waals surface area (Å²) < 4.78 is 0. The van der Waals surface area contributed by atoms with E-state index < -0.39 is 0 Å². The smallest absolute Gasteiger partial charge is 0.125 e. The van der Waals surface area contributed by atoms with E-state index in [0.29, 0.717) is 5.41 Å². The van der Waals surface area contributed by atoms with Crippen molar-refractivity contribution >= 4 is 6.29 Å². The molecule has 23 heavy (non-hydrogen) atoms. The lowest BCUT2D eigenvalue weighted by atomic mass is 9.79. The number of rotatable bonds is 6. The standard InChI is InChI=1S/C20H40N2O/c1-17(2,3)14-19(6,7)21-10-12-22(13-11-21)20(8,9)15-18(4,5)16-23/h16H,10-15H2,1-9H3. The molecule has 3 heteroatoms. The van der Waals surface area contributed by atoms with Gasteiger partial charge in [-0.1, -0.05) is 34.6 Å². The van der Waals surface area contributed by atoms with E-state index in [1.807, 2.05) is 13.8 Å². The van der Waals surface area contributed by atoms with Gasteiger partial charge in [0.05, 0.1) is 0 Å². The summed E-state index contributed by atoms with van der Waals surface area (Å²) in [4.78, 5) is 16.5. The van der Waals surface area contributed by atoms with E-state index in [4.69, 9.17) is 0 Å². The molecule has 0 aromatic carbocycles. The molecular weight excluding hydrogens is 284 g/mol. The molecule has 136 valence electrons. The number of hydrogen-bond donors (Lipinski definition) is 0. The van der Waals surface area contributed by atoms with Crippen LogP contribution in [-0.4, -0.2) is 53.3 Å². The van der Waals surface area contributed by atoms with Gasteiger partial charge in [0, 0.05) is 42.7 Å². The highest BCUT2D eigenvalue weighted by molar-refractivity contribution is 5.58. The van der Waals surface area contributed by atoms with E-state index in [0.717, 1.165) is 38.9 Å². The second-order valence-corrected chi connectivity index (χ2v) is 10.6. The van der Waals surface area contributed by atoms with Gasteiger partial charge in [-0.25, -0.2) is 0 Å². The van der Waals surface area contributed by atoms with Gasteiger partial charge in [-0.2, -0.15) is 0 Å². The van der Waals surface area contributed by atoms with Crippen molar-refractivity contribution in [3.05, 3.63) is 0 Å². The Morgan fingerprint density at radius 1 is 0.696 bits per heavy atom. The lowest BCUT2D eigenvalue weighted by molar-refractivity contribution is -0.116. The summed E-state index contributed by atoms with van der Waals surface area (Å²) in [6.45, 7) is 24.8. The molecule has 1 saturated heterocycles. The van der Waals surface area contributed by atoms with Crippen LogP contribution in [0.4, 0.5) is 0 Å². The minimum absolute atomic E-state index is 0.0741. The summed E-state index contributed by atoms with van der Waals surface area (Å²) in [7, 11) is 0. The molecule has 3 nitrogen and oxygen atoms in total. The predicted octanol–water partition coefficient (Wildman–Crippen LogP) is 4.21. The normalized spacial score (nSPS) is 19.9. The number of piperazine rings is 1. The minimum atomic E-state index is -0.244. The van der Waals surface area contributed by atoms with E-state index in [1.54, 1.807) is 0 Å². The van der Waals surface area contributed by atoms with Gasteiger partial charge >= 0.3 is 0 Å². The molecule has 0 amide bonds. The molecule has 1 fully saturated rings. The van der Waals surface area contributed by atoms with Gasteiger partial charge in [-0.15, -0.1) is 0 Å². The molecule has 1 aliphatic heterocycles. The van der Waals surface area contributed by atoms with Crippen LogP contribution in [0.25, 0.3) is 0 Å². The third-order valence-corrected chi connectivity index (χ3v) is 5.16. The van der Waals surface area contributed by atoms with Crippen molar-refractivity contribution in [2.24, 2.45) is 10.8 Å². The van der Waals surface area contributed by atoms with Crippen molar-refractivity contribution in [3.8, 4) is 0 Å². The second-order valence-electron chi connectivity index (χ2n) is 10.6. The van der Waals surface area contributed by atoms with Gasteiger partial charge in [0.1, 0.15) is 6.29 Å². The summed E-state index contributed by atoms with van der Waals surface area (Å²) in [5.41, 5.74) is 0.432. The first kappa shape index (κ1) is 20.6. The Hall–Kier alpha value is -0.410. The van der Waals surface area contributed by atoms with Crippen molar-refractivity contribution in [3.63, 3.8) is 0 Å². The number of hydrogen-bond acceptors (Lipinski definition) is 3. The average Bonchev–Trinajstić information content (AvgIpc) is 2.35. The quantitative estimate of drug-likeness (QED) is 0.684. The van der Waals surface area contributed by atoms with Crippen molar-refractivity contribution in [1.29, 1.82) is 0 Å². The Kier molecular flexibility index (Phi) is 6.13. The fourth-order valence-corrected chi connectivity index (χ4v) is 4.60. The van der Waals surface area contributed by atoms with Gasteiger partial charge in [0.15, 0.2) is 0 Å². The summed E-state index contributed by atoms with van der Waals surface area (Å²) >= 11 is 0. The Labute approximate surface area is 144 Å². The number of carbonyl (C=O) groups excluding carboxylic acids is 1. The summed E-state index contributed by atoms with van der Waals surface area (Å²) in [6.07, 6.45) is 3.23. The average molecular weight is 325 g/mol. The molecule has 1 heterocycles. The SMILES string of the molecule is CC(C)(C)CC(C)(C)N1CCN(C(C)(C)CC(C)(C)C=O)CC1. The lowest BCUT2D eigenvalue weighted by Crippen LogP contribution is -2.60. The van der Waals surface area contributed by atoms with Crippen molar-refractivity contribution < 1.29 is 4.79 Å². The third-order valence-electron chi connectivity index (χ3n) is 5.16. The van der Waals surface area contributed by atoms with Gasteiger partial charge in [-0.3, -0.25) is 9.80 Å². The molecular formula is C20H40N2O. The zero-order chi connectivity index (χ0) is 18.1. The minimum Gasteiger partial charge on any atom is -0.303 e. The maximum absolute atomic E-state index is 11.3. The fourth-order valence-electron chi connectivity index (χ4n) is 4.60. The van der Waals surface area contributed by atoms with E-state index >= 15 is 0 Å². The fraction of sp³-hybridized carbons (Fsp3) is 0.950. The van der Waals surface area contributed by atoms with Crippen LogP contribution in [0.1, 0.15) is 75.2 Å². The van der Waals surface area contributed by atoms with Crippen LogP contribution in [0.15, 0.2) is 0 Å². The first-order chi connectivity index (χ1) is 10.2. The summed E-state index contributed by atoms with van der Waals surface area (Å²) in [5.74, 6) is 0. The van der Waals surface area contributed by atoms with E-state index in [-0.39, 0.29) is 16.5 Å². The van der Waals surface area contributed by atoms with Crippen LogP contribution in [0.3, 0.4) is 0 Å². The first-order valence-electron chi connectivity index (χ1n) is 9.15. The number of nitrogens with zero attached hydrogens (tertiary/aromatic N) is 2. The first-order valence-corrected chi connectivity index (χ1v) is 9.15. The van der Waals surface area contributed by atoms with Crippen LogP contribution < -0.4 is 0 Å². The van der Waals surface area contributed by atoms with Crippen LogP contribution in [-0.2, 0) is 4.79 Å². The molecule has 1 rings (SSSR count). The molecule has 0 aromatic heterocycles. The zero-order valence-corrected chi connectivity index (χ0v) is 17.1. The Morgan fingerprint density at radius 2 is 1.04 bits per heavy atom. The van der Waals surface area contributed by atoms with Crippen molar-refractivity contribution in [1.82, 2.24) is 9.80 Å². The third kappa shape index (κ3) is 6.19. The van der Waals surface area contributed by atoms with Crippen LogP contribution >= 0.6 is 0 Å². The molecule has 1 aliphatic rings. The molecule has 0 aliphatic carbocycles. The van der Waals surface area contributed by atoms with Gasteiger partial charge < -0.3 is 4.79 Å². The van der Waals surface area contributed by atoms with Gasteiger partial charge in [0.2, 0.25) is 0 Å². The number of carbonyl (C=O) groups is 1. The molecule has 0 spiro atoms. The molecule has 0 atom stereocenters. The van der Waals surface area contributed by atoms with Gasteiger partial charge in [-0.05, 0) is 46.0 Å². The number of aldehydes is 1. The van der Waals surface area contributed by atoms with E-state index in [9.17, 15) is 4.79 Å². The molecule has 0 bridgehead atoms. The van der Waals surface area contributed by atoms with Crippen LogP contribution in [0.5, 0.6) is 0 Å². The molecule has 0 N–H and O–H groups in total. The highest BCUT2D eigenvalue weighted by atomic mass is 16.1. The maximum atomic E-state index is 11.3. The monoisotopic (exact) mass is 324 g/mol. The van der Waals surface area contributed by atoms with Crippen molar-refractivity contribution in [2.45, 2.75) is 86.2 Å². The van der Waals surface area contributed by atoms with E-state index in [1.165, 1.54) is 6.42 Å². The molecule has 0 saturated carbocycles. The second kappa shape index (κ2) is 6.84. The highest BCUT2D eigenvalue weighted by Crippen LogP contribution is 2.34. The Balaban J connectivity index is 2.66. The van der Waals surface area contributed by atoms with Crippen molar-refractivity contribution in [2.75, 3.05) is 26.2 Å². The lowest BCUT2D eigenvalue weighted by Gasteiger charge is -2.51. The molecule has 0 aromatic rings. The van der Waals surface area contributed by atoms with Crippen LogP contribution in [0.2, 0.25) is 0 Å². The highest BCUT2D eigenvalue weighted by Gasteiger charge is 2.38. The molecule has 0 radical (unpaired) electrons. The Bertz CT molecular complexity index is 396.